The largest absolute Gasteiger partial charge is 0.496 e. The molecule has 0 saturated carbocycles. The second-order valence-corrected chi connectivity index (χ2v) is 6.45. The van der Waals surface area contributed by atoms with Crippen molar-refractivity contribution < 1.29 is 14.3 Å². The highest BCUT2D eigenvalue weighted by molar-refractivity contribution is 6.09. The third-order valence-corrected chi connectivity index (χ3v) is 4.73. The number of imidazole rings is 1. The smallest absolute Gasteiger partial charge is 0.216 e. The minimum atomic E-state index is -0.179. The predicted molar refractivity (Wildman–Crippen MR) is 112 cm³/mol. The fraction of sp³-hybridized carbons (Fsp3) is 0.0833. The Morgan fingerprint density at radius 3 is 2.38 bits per heavy atom. The molecule has 1 aromatic heterocycles. The highest BCUT2D eigenvalue weighted by Gasteiger charge is 2.17. The lowest BCUT2D eigenvalue weighted by Gasteiger charge is -2.10. The first kappa shape index (κ1) is 18.5. The number of nitrogens with zero attached hydrogens (tertiary/aromatic N) is 2. The molecule has 0 aliphatic heterocycles. The minimum absolute atomic E-state index is 0.179. The number of hydrogen-bond acceptors (Lipinski definition) is 4. The van der Waals surface area contributed by atoms with E-state index in [9.17, 15) is 4.79 Å². The first-order valence-corrected chi connectivity index (χ1v) is 9.17. The molecule has 5 heteroatoms. The Morgan fingerprint density at radius 2 is 1.59 bits per heavy atom. The van der Waals surface area contributed by atoms with Crippen LogP contribution in [-0.4, -0.2) is 29.6 Å². The minimum Gasteiger partial charge on any atom is -0.496 e. The van der Waals surface area contributed by atoms with E-state index < -0.39 is 0 Å². The molecule has 1 heterocycles. The molecule has 4 aromatic rings. The molecular weight excluding hydrogens is 364 g/mol. The van der Waals surface area contributed by atoms with Crippen LogP contribution in [0.2, 0.25) is 0 Å². The molecule has 0 unspecified atom stereocenters. The van der Waals surface area contributed by atoms with E-state index in [4.69, 9.17) is 9.47 Å². The molecule has 0 spiro atoms. The Morgan fingerprint density at radius 1 is 0.862 bits per heavy atom. The van der Waals surface area contributed by atoms with Crippen LogP contribution >= 0.6 is 0 Å². The monoisotopic (exact) mass is 384 g/mol. The number of methoxy groups -OCH3 is 2. The van der Waals surface area contributed by atoms with Crippen molar-refractivity contribution in [2.24, 2.45) is 0 Å². The molecule has 0 atom stereocenters. The van der Waals surface area contributed by atoms with Gasteiger partial charge >= 0.3 is 0 Å². The number of rotatable bonds is 6. The van der Waals surface area contributed by atoms with E-state index in [1.54, 1.807) is 38.9 Å². The first-order chi connectivity index (χ1) is 14.2. The van der Waals surface area contributed by atoms with Gasteiger partial charge in [-0.05, 0) is 35.9 Å². The topological polar surface area (TPSA) is 53.4 Å². The fourth-order valence-electron chi connectivity index (χ4n) is 3.27. The summed E-state index contributed by atoms with van der Waals surface area (Å²) < 4.78 is 12.6. The molecule has 0 fully saturated rings. The third kappa shape index (κ3) is 3.62. The summed E-state index contributed by atoms with van der Waals surface area (Å²) >= 11 is 0. The van der Waals surface area contributed by atoms with E-state index in [1.807, 2.05) is 65.2 Å². The average molecular weight is 384 g/mol. The van der Waals surface area contributed by atoms with E-state index >= 15 is 0 Å². The molecule has 29 heavy (non-hydrogen) atoms. The van der Waals surface area contributed by atoms with Crippen molar-refractivity contribution in [2.75, 3.05) is 14.2 Å². The third-order valence-electron chi connectivity index (χ3n) is 4.73. The van der Waals surface area contributed by atoms with Crippen molar-refractivity contribution in [2.45, 2.75) is 0 Å². The molecule has 0 amide bonds. The number of carbonyl (C=O) groups excluding carboxylic acids is 1. The average Bonchev–Trinajstić information content (AvgIpc) is 3.29. The number of aromatic nitrogens is 2. The van der Waals surface area contributed by atoms with Crippen LogP contribution in [0.4, 0.5) is 0 Å². The van der Waals surface area contributed by atoms with Gasteiger partial charge in [0, 0.05) is 17.4 Å². The van der Waals surface area contributed by atoms with Gasteiger partial charge in [-0.1, -0.05) is 42.5 Å². The second kappa shape index (κ2) is 8.02. The van der Waals surface area contributed by atoms with Gasteiger partial charge in [0.25, 0.3) is 0 Å². The lowest BCUT2D eigenvalue weighted by atomic mass is 10.0. The normalized spacial score (nSPS) is 10.6. The highest BCUT2D eigenvalue weighted by atomic mass is 16.5. The van der Waals surface area contributed by atoms with Gasteiger partial charge in [0.05, 0.1) is 19.8 Å². The summed E-state index contributed by atoms with van der Waals surface area (Å²) in [7, 11) is 3.21. The Kier molecular flexibility index (Phi) is 5.12. The fourth-order valence-corrected chi connectivity index (χ4v) is 3.27. The molecule has 0 aliphatic carbocycles. The highest BCUT2D eigenvalue weighted by Crippen LogP contribution is 2.30. The van der Waals surface area contributed by atoms with Crippen molar-refractivity contribution in [3.05, 3.63) is 96.6 Å². The van der Waals surface area contributed by atoms with Crippen LogP contribution in [0.25, 0.3) is 16.8 Å². The first-order valence-electron chi connectivity index (χ1n) is 9.17. The standard InChI is InChI=1S/C24H20N2O3/c1-28-22-12-5-3-10-19(22)17-8-7-9-18(14-17)26-15-21(25-16-26)24(27)20-11-4-6-13-23(20)29-2/h3-16H,1-2H3. The van der Waals surface area contributed by atoms with Crippen LogP contribution in [0.15, 0.2) is 85.3 Å². The van der Waals surface area contributed by atoms with E-state index in [0.717, 1.165) is 22.6 Å². The van der Waals surface area contributed by atoms with Crippen molar-refractivity contribution in [3.8, 4) is 28.3 Å². The number of ether oxygens (including phenoxy) is 2. The SMILES string of the molecule is COc1ccccc1C(=O)c1cn(-c2cccc(-c3ccccc3OC)c2)cn1. The van der Waals surface area contributed by atoms with Gasteiger partial charge in [0.2, 0.25) is 5.78 Å². The molecule has 0 radical (unpaired) electrons. The molecule has 0 bridgehead atoms. The molecule has 5 nitrogen and oxygen atoms in total. The van der Waals surface area contributed by atoms with Crippen LogP contribution in [-0.2, 0) is 0 Å². The van der Waals surface area contributed by atoms with Crippen LogP contribution in [0.5, 0.6) is 11.5 Å². The number of benzene rings is 3. The van der Waals surface area contributed by atoms with Crippen LogP contribution in [0, 0.1) is 0 Å². The maximum atomic E-state index is 12.9. The summed E-state index contributed by atoms with van der Waals surface area (Å²) in [6.45, 7) is 0. The number of carbonyl (C=O) groups is 1. The van der Waals surface area contributed by atoms with Gasteiger partial charge in [-0.2, -0.15) is 0 Å². The zero-order chi connectivity index (χ0) is 20.2. The van der Waals surface area contributed by atoms with Crippen molar-refractivity contribution in [1.82, 2.24) is 9.55 Å². The molecular formula is C24H20N2O3. The van der Waals surface area contributed by atoms with Gasteiger partial charge in [-0.3, -0.25) is 4.79 Å². The molecule has 144 valence electrons. The van der Waals surface area contributed by atoms with Gasteiger partial charge in [0.1, 0.15) is 23.5 Å². The predicted octanol–water partition coefficient (Wildman–Crippen LogP) is 4.79. The van der Waals surface area contributed by atoms with Gasteiger partial charge in [-0.15, -0.1) is 0 Å². The summed E-state index contributed by atoms with van der Waals surface area (Å²) in [5.74, 6) is 1.16. The zero-order valence-corrected chi connectivity index (χ0v) is 16.2. The number of ketones is 1. The maximum Gasteiger partial charge on any atom is 0.216 e. The Bertz CT molecular complexity index is 1160. The van der Waals surface area contributed by atoms with Crippen LogP contribution in [0.1, 0.15) is 16.1 Å². The summed E-state index contributed by atoms with van der Waals surface area (Å²) in [6.07, 6.45) is 3.38. The van der Waals surface area contributed by atoms with E-state index in [-0.39, 0.29) is 5.78 Å². The van der Waals surface area contributed by atoms with Gasteiger partial charge < -0.3 is 14.0 Å². The van der Waals surface area contributed by atoms with E-state index in [1.165, 1.54) is 0 Å². The quantitative estimate of drug-likeness (QED) is 0.449. The Hall–Kier alpha value is -3.86. The van der Waals surface area contributed by atoms with Crippen LogP contribution in [0.3, 0.4) is 0 Å². The summed E-state index contributed by atoms with van der Waals surface area (Å²) in [4.78, 5) is 17.2. The lowest BCUT2D eigenvalue weighted by molar-refractivity contribution is 0.103. The maximum absolute atomic E-state index is 12.9. The Balaban J connectivity index is 1.68. The molecule has 0 N–H and O–H groups in total. The van der Waals surface area contributed by atoms with E-state index in [2.05, 4.69) is 4.98 Å². The second-order valence-electron chi connectivity index (χ2n) is 6.45. The van der Waals surface area contributed by atoms with Gasteiger partial charge in [-0.25, -0.2) is 4.98 Å². The number of hydrogen-bond donors (Lipinski definition) is 0. The summed E-state index contributed by atoms with van der Waals surface area (Å²) in [6, 6.07) is 23.0. The molecule has 3 aromatic carbocycles. The molecule has 0 saturated heterocycles. The number of para-hydroxylation sites is 2. The summed E-state index contributed by atoms with van der Waals surface area (Å²) in [5.41, 5.74) is 3.77. The Labute approximate surface area is 169 Å². The van der Waals surface area contributed by atoms with Crippen molar-refractivity contribution >= 4 is 5.78 Å². The van der Waals surface area contributed by atoms with Gasteiger partial charge in [0.15, 0.2) is 0 Å². The summed E-state index contributed by atoms with van der Waals surface area (Å²) in [5, 5.41) is 0. The van der Waals surface area contributed by atoms with Crippen molar-refractivity contribution in [3.63, 3.8) is 0 Å². The van der Waals surface area contributed by atoms with Crippen molar-refractivity contribution in [1.29, 1.82) is 0 Å². The molecule has 4 rings (SSSR count). The zero-order valence-electron chi connectivity index (χ0n) is 16.2. The lowest BCUT2D eigenvalue weighted by Crippen LogP contribution is -2.04. The molecule has 0 aliphatic rings. The van der Waals surface area contributed by atoms with E-state index in [0.29, 0.717) is 17.0 Å². The van der Waals surface area contributed by atoms with Crippen LogP contribution < -0.4 is 9.47 Å².